The van der Waals surface area contributed by atoms with Crippen molar-refractivity contribution in [3.63, 3.8) is 0 Å². The molecule has 0 bridgehead atoms. The molecule has 0 saturated carbocycles. The number of benzene rings is 3. The standard InChI is InChI=1S/C24H19FN4O/c25-21-9-7-20(8-10-21)24-27-22-11-6-19(15-28-13-12-26-17-28)14-23(22)29(24)30-16-18-4-2-1-3-5-18/h1-14,17H,15-16H2. The van der Waals surface area contributed by atoms with Gasteiger partial charge in [0.2, 0.25) is 0 Å². The summed E-state index contributed by atoms with van der Waals surface area (Å²) in [5.41, 5.74) is 4.63. The molecule has 30 heavy (non-hydrogen) atoms. The maximum Gasteiger partial charge on any atom is 0.176 e. The summed E-state index contributed by atoms with van der Waals surface area (Å²) in [6, 6.07) is 22.4. The van der Waals surface area contributed by atoms with E-state index in [1.54, 1.807) is 29.4 Å². The van der Waals surface area contributed by atoms with E-state index in [4.69, 9.17) is 9.82 Å². The van der Waals surface area contributed by atoms with E-state index in [0.717, 1.165) is 27.7 Å². The lowest BCUT2D eigenvalue weighted by molar-refractivity contribution is 0.110. The van der Waals surface area contributed by atoms with Crippen molar-refractivity contribution in [2.75, 3.05) is 0 Å². The molecule has 0 atom stereocenters. The second kappa shape index (κ2) is 7.83. The van der Waals surface area contributed by atoms with Crippen LogP contribution in [0.4, 0.5) is 4.39 Å². The molecule has 5 nitrogen and oxygen atoms in total. The van der Waals surface area contributed by atoms with Crippen LogP contribution in [0.15, 0.2) is 91.5 Å². The summed E-state index contributed by atoms with van der Waals surface area (Å²) < 4.78 is 17.2. The van der Waals surface area contributed by atoms with Crippen LogP contribution in [-0.2, 0) is 13.2 Å². The van der Waals surface area contributed by atoms with Gasteiger partial charge in [-0.25, -0.2) is 14.4 Å². The highest BCUT2D eigenvalue weighted by molar-refractivity contribution is 5.81. The Bertz CT molecular complexity index is 1260. The summed E-state index contributed by atoms with van der Waals surface area (Å²) in [6.45, 7) is 1.10. The minimum absolute atomic E-state index is 0.283. The fraction of sp³-hybridized carbons (Fsp3) is 0.0833. The van der Waals surface area contributed by atoms with E-state index in [2.05, 4.69) is 11.1 Å². The Morgan fingerprint density at radius 3 is 2.50 bits per heavy atom. The lowest BCUT2D eigenvalue weighted by atomic mass is 10.2. The first-order chi connectivity index (χ1) is 14.8. The van der Waals surface area contributed by atoms with Crippen molar-refractivity contribution in [1.82, 2.24) is 19.3 Å². The van der Waals surface area contributed by atoms with E-state index in [-0.39, 0.29) is 5.82 Å². The van der Waals surface area contributed by atoms with Crippen molar-refractivity contribution in [1.29, 1.82) is 0 Å². The van der Waals surface area contributed by atoms with Crippen LogP contribution in [0.25, 0.3) is 22.4 Å². The molecule has 3 aromatic carbocycles. The molecule has 0 amide bonds. The average Bonchev–Trinajstić information content (AvgIpc) is 3.41. The lowest BCUT2D eigenvalue weighted by Crippen LogP contribution is -2.12. The van der Waals surface area contributed by atoms with E-state index in [0.29, 0.717) is 19.0 Å². The van der Waals surface area contributed by atoms with Gasteiger partial charge in [0, 0.05) is 24.5 Å². The predicted molar refractivity (Wildman–Crippen MR) is 113 cm³/mol. The molecule has 0 saturated heterocycles. The Morgan fingerprint density at radius 2 is 1.73 bits per heavy atom. The largest absolute Gasteiger partial charge is 0.407 e. The first-order valence-corrected chi connectivity index (χ1v) is 9.66. The first-order valence-electron chi connectivity index (χ1n) is 9.66. The van der Waals surface area contributed by atoms with E-state index < -0.39 is 0 Å². The zero-order chi connectivity index (χ0) is 20.3. The molecular formula is C24H19FN4O. The third-order valence-electron chi connectivity index (χ3n) is 4.91. The van der Waals surface area contributed by atoms with Crippen LogP contribution in [0.1, 0.15) is 11.1 Å². The zero-order valence-corrected chi connectivity index (χ0v) is 16.1. The quantitative estimate of drug-likeness (QED) is 0.416. The highest BCUT2D eigenvalue weighted by Crippen LogP contribution is 2.25. The van der Waals surface area contributed by atoms with Crippen molar-refractivity contribution in [3.05, 3.63) is 108 Å². The Labute approximate surface area is 173 Å². The van der Waals surface area contributed by atoms with Gasteiger partial charge in [0.05, 0.1) is 11.8 Å². The Morgan fingerprint density at radius 1 is 0.900 bits per heavy atom. The topological polar surface area (TPSA) is 44.9 Å². The Hall–Kier alpha value is -3.93. The number of nitrogens with zero attached hydrogens (tertiary/aromatic N) is 4. The van der Waals surface area contributed by atoms with Crippen LogP contribution in [0, 0.1) is 5.82 Å². The molecule has 5 aromatic rings. The molecule has 0 fully saturated rings. The molecule has 5 rings (SSSR count). The normalized spacial score (nSPS) is 11.1. The van der Waals surface area contributed by atoms with Gasteiger partial charge in [-0.1, -0.05) is 36.4 Å². The smallest absolute Gasteiger partial charge is 0.176 e. The second-order valence-electron chi connectivity index (χ2n) is 7.05. The summed E-state index contributed by atoms with van der Waals surface area (Å²) in [5.74, 6) is 0.356. The zero-order valence-electron chi connectivity index (χ0n) is 16.1. The number of aromatic nitrogens is 4. The number of halogens is 1. The number of hydrogen-bond acceptors (Lipinski definition) is 3. The average molecular weight is 398 g/mol. The molecule has 0 aliphatic carbocycles. The molecule has 0 unspecified atom stereocenters. The summed E-state index contributed by atoms with van der Waals surface area (Å²) in [6.07, 6.45) is 5.48. The van der Waals surface area contributed by atoms with Gasteiger partial charge in [-0.2, -0.15) is 4.73 Å². The monoisotopic (exact) mass is 398 g/mol. The number of fused-ring (bicyclic) bond motifs is 1. The molecule has 0 N–H and O–H groups in total. The Kier molecular flexibility index (Phi) is 4.73. The van der Waals surface area contributed by atoms with Crippen molar-refractivity contribution in [2.45, 2.75) is 13.2 Å². The number of hydrogen-bond donors (Lipinski definition) is 0. The molecule has 148 valence electrons. The maximum absolute atomic E-state index is 13.4. The highest BCUT2D eigenvalue weighted by atomic mass is 19.1. The fourth-order valence-corrected chi connectivity index (χ4v) is 3.41. The summed E-state index contributed by atoms with van der Waals surface area (Å²) in [5, 5.41) is 0. The van der Waals surface area contributed by atoms with Gasteiger partial charge in [0.25, 0.3) is 0 Å². The SMILES string of the molecule is Fc1ccc(-c2nc3ccc(Cn4ccnc4)cc3n2OCc2ccccc2)cc1. The molecule has 0 aliphatic rings. The van der Waals surface area contributed by atoms with Gasteiger partial charge in [0.15, 0.2) is 5.82 Å². The van der Waals surface area contributed by atoms with Crippen molar-refractivity contribution >= 4 is 11.0 Å². The van der Waals surface area contributed by atoms with Crippen LogP contribution in [0.2, 0.25) is 0 Å². The Balaban J connectivity index is 1.57. The van der Waals surface area contributed by atoms with E-state index in [9.17, 15) is 4.39 Å². The molecule has 2 heterocycles. The van der Waals surface area contributed by atoms with E-state index >= 15 is 0 Å². The van der Waals surface area contributed by atoms with Crippen molar-refractivity contribution in [2.24, 2.45) is 0 Å². The first kappa shape index (κ1) is 18.1. The number of rotatable bonds is 6. The molecule has 0 spiro atoms. The summed E-state index contributed by atoms with van der Waals surface area (Å²) >= 11 is 0. The lowest BCUT2D eigenvalue weighted by Gasteiger charge is -2.12. The van der Waals surface area contributed by atoms with Crippen LogP contribution in [0.5, 0.6) is 0 Å². The van der Waals surface area contributed by atoms with Gasteiger partial charge in [-0.3, -0.25) is 0 Å². The molecule has 2 aromatic heterocycles. The van der Waals surface area contributed by atoms with Gasteiger partial charge < -0.3 is 9.40 Å². The third kappa shape index (κ3) is 3.67. The van der Waals surface area contributed by atoms with Crippen LogP contribution in [0.3, 0.4) is 0 Å². The maximum atomic E-state index is 13.4. The van der Waals surface area contributed by atoms with Crippen LogP contribution < -0.4 is 4.84 Å². The molecule has 0 radical (unpaired) electrons. The van der Waals surface area contributed by atoms with Gasteiger partial charge in [-0.05, 0) is 47.5 Å². The summed E-state index contributed by atoms with van der Waals surface area (Å²) in [4.78, 5) is 15.1. The fourth-order valence-electron chi connectivity index (χ4n) is 3.41. The van der Waals surface area contributed by atoms with Gasteiger partial charge in [-0.15, -0.1) is 0 Å². The van der Waals surface area contributed by atoms with E-state index in [1.807, 2.05) is 53.2 Å². The van der Waals surface area contributed by atoms with E-state index in [1.165, 1.54) is 12.1 Å². The van der Waals surface area contributed by atoms with Gasteiger partial charge in [0.1, 0.15) is 17.9 Å². The minimum Gasteiger partial charge on any atom is -0.407 e. The summed E-state index contributed by atoms with van der Waals surface area (Å²) in [7, 11) is 0. The minimum atomic E-state index is -0.283. The third-order valence-corrected chi connectivity index (χ3v) is 4.91. The van der Waals surface area contributed by atoms with Crippen LogP contribution in [-0.4, -0.2) is 19.3 Å². The molecule has 6 heteroatoms. The number of imidazole rings is 2. The predicted octanol–water partition coefficient (Wildman–Crippen LogP) is 4.72. The molecule has 0 aliphatic heterocycles. The highest BCUT2D eigenvalue weighted by Gasteiger charge is 2.15. The molecular weight excluding hydrogens is 379 g/mol. The van der Waals surface area contributed by atoms with Crippen molar-refractivity contribution in [3.8, 4) is 11.4 Å². The van der Waals surface area contributed by atoms with Gasteiger partial charge >= 0.3 is 0 Å². The second-order valence-corrected chi connectivity index (χ2v) is 7.05. The van der Waals surface area contributed by atoms with Crippen molar-refractivity contribution < 1.29 is 9.23 Å². The van der Waals surface area contributed by atoms with Crippen LogP contribution >= 0.6 is 0 Å².